The minimum absolute atomic E-state index is 0.0427. The van der Waals surface area contributed by atoms with Crippen LogP contribution in [-0.4, -0.2) is 76.1 Å². The van der Waals surface area contributed by atoms with E-state index in [-0.39, 0.29) is 17.6 Å². The Hall–Kier alpha value is -3.46. The van der Waals surface area contributed by atoms with Crippen LogP contribution in [0.1, 0.15) is 96.1 Å². The number of aliphatic hydroxyl groups is 2. The first-order chi connectivity index (χ1) is 21.2. The van der Waals surface area contributed by atoms with Crippen LogP contribution < -0.4 is 0 Å². The number of aliphatic hydroxyl groups excluding tert-OH is 1. The molecule has 8 nitrogen and oxygen atoms in total. The number of carbonyl (C=O) groups excluding carboxylic acids is 2. The SMILES string of the molecule is CC1=CCC[C@@]2(C)[C@@H](CC[C@@]2(O)CN2CCN(C(=O)c3ccco3)CC2)c2ccc(cc2C(=O)c2ccco2)C[C@@H](O)CC1. The first-order valence-corrected chi connectivity index (χ1v) is 16.0. The smallest absolute Gasteiger partial charge is 0.289 e. The number of nitrogens with zero attached hydrogens (tertiary/aromatic N) is 2. The van der Waals surface area contributed by atoms with E-state index in [1.54, 1.807) is 24.3 Å². The van der Waals surface area contributed by atoms with Gasteiger partial charge in [0.1, 0.15) is 0 Å². The lowest BCUT2D eigenvalue weighted by molar-refractivity contribution is -0.0876. The molecule has 1 aliphatic heterocycles. The standard InChI is InChI=1S/C36H44N2O6/c1-25-6-3-14-35(2)30(13-15-36(35,42)24-37-16-18-38(19-17-37)34(41)32-8-5-21-44-32)28-12-10-26(22-27(39)11-9-25)23-29(28)33(40)31-7-4-20-43-31/h4-8,10,12,20-21,23,27,30,39,42H,3,9,11,13-19,22,24H2,1-2H3/t27-,30-,35-,36+/m0/s1. The van der Waals surface area contributed by atoms with Gasteiger partial charge in [-0.15, -0.1) is 0 Å². The fourth-order valence-corrected chi connectivity index (χ4v) is 7.77. The number of rotatable bonds is 5. The van der Waals surface area contributed by atoms with E-state index in [0.29, 0.717) is 69.1 Å². The third-order valence-electron chi connectivity index (χ3n) is 10.5. The van der Waals surface area contributed by atoms with E-state index in [1.165, 1.54) is 18.1 Å². The van der Waals surface area contributed by atoms with Crippen molar-refractivity contribution in [3.05, 3.63) is 94.9 Å². The summed E-state index contributed by atoms with van der Waals surface area (Å²) in [5.74, 6) is 0.338. The molecule has 1 amide bonds. The van der Waals surface area contributed by atoms with Crippen LogP contribution in [0.4, 0.5) is 0 Å². The lowest BCUT2D eigenvalue weighted by atomic mass is 9.64. The lowest BCUT2D eigenvalue weighted by Gasteiger charge is -2.47. The summed E-state index contributed by atoms with van der Waals surface area (Å²) in [5.41, 5.74) is 2.22. The van der Waals surface area contributed by atoms with Gasteiger partial charge in [0, 0.05) is 43.7 Å². The molecule has 2 fully saturated rings. The molecule has 0 unspecified atom stereocenters. The van der Waals surface area contributed by atoms with Crippen molar-refractivity contribution in [2.24, 2.45) is 5.41 Å². The molecule has 0 radical (unpaired) electrons. The molecule has 7 rings (SSSR count). The zero-order valence-corrected chi connectivity index (χ0v) is 25.8. The van der Waals surface area contributed by atoms with Crippen molar-refractivity contribution in [1.82, 2.24) is 9.80 Å². The van der Waals surface area contributed by atoms with Gasteiger partial charge in [0.15, 0.2) is 11.5 Å². The van der Waals surface area contributed by atoms with Gasteiger partial charge >= 0.3 is 0 Å². The summed E-state index contributed by atoms with van der Waals surface area (Å²) >= 11 is 0. The number of ketones is 1. The maximum Gasteiger partial charge on any atom is 0.289 e. The van der Waals surface area contributed by atoms with Gasteiger partial charge in [0.2, 0.25) is 5.78 Å². The zero-order valence-electron chi connectivity index (χ0n) is 25.8. The van der Waals surface area contributed by atoms with E-state index in [0.717, 1.165) is 36.8 Å². The van der Waals surface area contributed by atoms with E-state index < -0.39 is 17.1 Å². The predicted octanol–water partition coefficient (Wildman–Crippen LogP) is 5.60. The number of benzene rings is 1. The second kappa shape index (κ2) is 12.5. The topological polar surface area (TPSA) is 107 Å². The van der Waals surface area contributed by atoms with Crippen molar-refractivity contribution in [3.63, 3.8) is 0 Å². The van der Waals surface area contributed by atoms with Crippen molar-refractivity contribution in [2.75, 3.05) is 32.7 Å². The number of fused-ring (bicyclic) bond motifs is 8. The third kappa shape index (κ3) is 5.95. The Labute approximate surface area is 259 Å². The summed E-state index contributed by atoms with van der Waals surface area (Å²) in [4.78, 5) is 30.8. The van der Waals surface area contributed by atoms with E-state index in [9.17, 15) is 19.8 Å². The molecular weight excluding hydrogens is 556 g/mol. The number of furan rings is 2. The van der Waals surface area contributed by atoms with E-state index >= 15 is 0 Å². The summed E-state index contributed by atoms with van der Waals surface area (Å²) < 4.78 is 10.9. The van der Waals surface area contributed by atoms with Crippen LogP contribution in [0.15, 0.2) is 75.5 Å². The Kier molecular flexibility index (Phi) is 8.68. The molecule has 2 aromatic heterocycles. The predicted molar refractivity (Wildman–Crippen MR) is 167 cm³/mol. The molecular formula is C36H44N2O6. The average molecular weight is 601 g/mol. The van der Waals surface area contributed by atoms with Crippen LogP contribution in [0.5, 0.6) is 0 Å². The second-order valence-corrected chi connectivity index (χ2v) is 13.3. The molecule has 4 atom stereocenters. The van der Waals surface area contributed by atoms with Crippen LogP contribution >= 0.6 is 0 Å². The molecule has 8 heteroatoms. The number of carbonyl (C=O) groups is 2. The number of β-amino-alcohol motifs (C(OH)–C–C–N with tert-alkyl or cyclic N) is 1. The van der Waals surface area contributed by atoms with Crippen LogP contribution in [0.25, 0.3) is 0 Å². The average Bonchev–Trinajstić information content (AvgIpc) is 3.79. The molecule has 234 valence electrons. The van der Waals surface area contributed by atoms with Gasteiger partial charge < -0.3 is 23.9 Å². The number of piperazine rings is 1. The van der Waals surface area contributed by atoms with Gasteiger partial charge in [0.25, 0.3) is 5.91 Å². The minimum Gasteiger partial charge on any atom is -0.461 e. The first-order valence-electron chi connectivity index (χ1n) is 16.0. The number of amides is 1. The Morgan fingerprint density at radius 1 is 0.977 bits per heavy atom. The third-order valence-corrected chi connectivity index (χ3v) is 10.5. The van der Waals surface area contributed by atoms with Gasteiger partial charge in [-0.1, -0.05) is 30.7 Å². The summed E-state index contributed by atoms with van der Waals surface area (Å²) in [5, 5.41) is 23.4. The van der Waals surface area contributed by atoms with Crippen molar-refractivity contribution in [3.8, 4) is 0 Å². The summed E-state index contributed by atoms with van der Waals surface area (Å²) in [6.07, 6.45) is 9.70. The molecule has 1 saturated heterocycles. The number of allylic oxidation sites excluding steroid dienone is 2. The molecule has 2 bridgehead atoms. The van der Waals surface area contributed by atoms with Gasteiger partial charge in [-0.2, -0.15) is 0 Å². The molecule has 2 N–H and O–H groups in total. The van der Waals surface area contributed by atoms with Gasteiger partial charge in [-0.05, 0) is 99.2 Å². The van der Waals surface area contributed by atoms with E-state index in [4.69, 9.17) is 8.83 Å². The highest BCUT2D eigenvalue weighted by Crippen LogP contribution is 2.59. The Bertz CT molecular complexity index is 1490. The van der Waals surface area contributed by atoms with Crippen LogP contribution in [-0.2, 0) is 6.42 Å². The van der Waals surface area contributed by atoms with Gasteiger partial charge in [-0.25, -0.2) is 0 Å². The monoisotopic (exact) mass is 600 g/mol. The molecule has 3 heterocycles. The molecule has 1 aromatic carbocycles. The first kappa shape index (κ1) is 30.6. The largest absolute Gasteiger partial charge is 0.461 e. The van der Waals surface area contributed by atoms with Crippen LogP contribution in [0, 0.1) is 5.41 Å². The lowest BCUT2D eigenvalue weighted by Crippen LogP contribution is -2.57. The summed E-state index contributed by atoms with van der Waals surface area (Å²) in [6.45, 7) is 7.34. The van der Waals surface area contributed by atoms with E-state index in [2.05, 4.69) is 30.9 Å². The van der Waals surface area contributed by atoms with Gasteiger partial charge in [-0.3, -0.25) is 14.5 Å². The second-order valence-electron chi connectivity index (χ2n) is 13.3. The molecule has 1 saturated carbocycles. The minimum atomic E-state index is -0.983. The van der Waals surface area contributed by atoms with E-state index in [1.807, 2.05) is 17.0 Å². The van der Waals surface area contributed by atoms with Crippen molar-refractivity contribution in [2.45, 2.75) is 76.4 Å². The highest BCUT2D eigenvalue weighted by atomic mass is 16.3. The highest BCUT2D eigenvalue weighted by Gasteiger charge is 2.57. The van der Waals surface area contributed by atoms with Crippen LogP contribution in [0.3, 0.4) is 0 Å². The maximum atomic E-state index is 13.8. The van der Waals surface area contributed by atoms with Crippen molar-refractivity contribution < 1.29 is 28.6 Å². The number of hydrogen-bond acceptors (Lipinski definition) is 7. The number of hydrogen-bond donors (Lipinski definition) is 2. The molecule has 44 heavy (non-hydrogen) atoms. The Morgan fingerprint density at radius 2 is 1.70 bits per heavy atom. The maximum absolute atomic E-state index is 13.8. The fraction of sp³-hybridized carbons (Fsp3) is 0.500. The Morgan fingerprint density at radius 3 is 2.41 bits per heavy atom. The van der Waals surface area contributed by atoms with Crippen molar-refractivity contribution in [1.29, 1.82) is 0 Å². The van der Waals surface area contributed by atoms with Crippen LogP contribution in [0.2, 0.25) is 0 Å². The quantitative estimate of drug-likeness (QED) is 0.290. The normalized spacial score (nSPS) is 28.4. The molecule has 3 aromatic rings. The summed E-state index contributed by atoms with van der Waals surface area (Å²) in [6, 6.07) is 12.9. The molecule has 0 spiro atoms. The molecule has 4 aliphatic rings. The van der Waals surface area contributed by atoms with Crippen molar-refractivity contribution >= 4 is 11.7 Å². The zero-order chi connectivity index (χ0) is 30.9. The fourth-order valence-electron chi connectivity index (χ4n) is 7.77. The Balaban J connectivity index is 1.30. The van der Waals surface area contributed by atoms with Gasteiger partial charge in [0.05, 0.1) is 24.2 Å². The summed E-state index contributed by atoms with van der Waals surface area (Å²) in [7, 11) is 0. The molecule has 3 aliphatic carbocycles. The highest BCUT2D eigenvalue weighted by molar-refractivity contribution is 6.08.